The van der Waals surface area contributed by atoms with Crippen LogP contribution in [0.3, 0.4) is 0 Å². The topological polar surface area (TPSA) is 30.9 Å². The molecule has 1 saturated carbocycles. The van der Waals surface area contributed by atoms with Gasteiger partial charge in [-0.2, -0.15) is 0 Å². The minimum absolute atomic E-state index is 0.0472. The van der Waals surface area contributed by atoms with Gasteiger partial charge in [-0.05, 0) is 24.7 Å². The van der Waals surface area contributed by atoms with Crippen molar-refractivity contribution in [1.29, 1.82) is 0 Å². The lowest BCUT2D eigenvalue weighted by molar-refractivity contribution is -0.107. The maximum Gasteiger partial charge on any atom is 0.161 e. The molecule has 2 bridgehead atoms. The number of morpholine rings is 1. The van der Waals surface area contributed by atoms with Gasteiger partial charge in [0, 0.05) is 25.6 Å². The molecule has 4 nitrogen and oxygen atoms in total. The molecule has 2 heterocycles. The third-order valence-corrected chi connectivity index (χ3v) is 5.02. The molecule has 0 aromatic carbocycles. The molecular weight excluding hydrogens is 242 g/mol. The Morgan fingerprint density at radius 2 is 2.00 bits per heavy atom. The third kappa shape index (κ3) is 2.47. The number of hydrogen-bond donors (Lipinski definition) is 0. The monoisotopic (exact) mass is 265 g/mol. The van der Waals surface area contributed by atoms with Gasteiger partial charge in [0.1, 0.15) is 0 Å². The number of allylic oxidation sites excluding steroid dienone is 2. The van der Waals surface area contributed by atoms with E-state index in [0.29, 0.717) is 11.8 Å². The van der Waals surface area contributed by atoms with Crippen molar-refractivity contribution in [3.05, 3.63) is 12.2 Å². The van der Waals surface area contributed by atoms with Gasteiger partial charge in [0.25, 0.3) is 0 Å². The van der Waals surface area contributed by atoms with Crippen LogP contribution in [0.25, 0.3) is 0 Å². The van der Waals surface area contributed by atoms with Gasteiger partial charge >= 0.3 is 0 Å². The summed E-state index contributed by atoms with van der Waals surface area (Å²) in [5, 5.41) is 0. The molecule has 4 rings (SSSR count). The Labute approximate surface area is 114 Å². The van der Waals surface area contributed by atoms with Crippen molar-refractivity contribution < 1.29 is 14.2 Å². The normalized spacial score (nSPS) is 46.2. The molecular formula is C15H23NO3. The van der Waals surface area contributed by atoms with E-state index < -0.39 is 0 Å². The molecule has 2 aliphatic carbocycles. The highest BCUT2D eigenvalue weighted by atomic mass is 16.7. The molecule has 0 aromatic rings. The van der Waals surface area contributed by atoms with Crippen LogP contribution in [0, 0.1) is 17.8 Å². The highest BCUT2D eigenvalue weighted by Crippen LogP contribution is 2.46. The summed E-state index contributed by atoms with van der Waals surface area (Å²) in [5.74, 6) is 2.10. The minimum atomic E-state index is 0.0472. The SMILES string of the molecule is C1=C[C@H]2C[C@H]1C[C@H]2[C@@H]1OC[C@@H](CN2CCOCC2)O1. The molecule has 0 unspecified atom stereocenters. The highest BCUT2D eigenvalue weighted by Gasteiger charge is 2.44. The summed E-state index contributed by atoms with van der Waals surface area (Å²) in [7, 11) is 0. The fourth-order valence-corrected chi connectivity index (χ4v) is 4.00. The highest BCUT2D eigenvalue weighted by molar-refractivity contribution is 5.11. The van der Waals surface area contributed by atoms with Gasteiger partial charge < -0.3 is 14.2 Å². The molecule has 106 valence electrons. The van der Waals surface area contributed by atoms with Gasteiger partial charge in [-0.25, -0.2) is 0 Å². The summed E-state index contributed by atoms with van der Waals surface area (Å²) >= 11 is 0. The van der Waals surface area contributed by atoms with E-state index in [0.717, 1.165) is 45.4 Å². The second kappa shape index (κ2) is 5.17. The Morgan fingerprint density at radius 1 is 1.11 bits per heavy atom. The zero-order valence-corrected chi connectivity index (χ0v) is 11.4. The standard InChI is InChI=1S/C15H23NO3/c1-2-12-7-11(1)8-14(12)15-18-10-13(19-15)9-16-3-5-17-6-4-16/h1-2,11-15H,3-10H2/t11-,12-,13+,14+,15+/m0/s1. The number of fused-ring (bicyclic) bond motifs is 2. The van der Waals surface area contributed by atoms with E-state index in [1.165, 1.54) is 12.8 Å². The second-order valence-electron chi connectivity index (χ2n) is 6.32. The van der Waals surface area contributed by atoms with Gasteiger partial charge in [-0.3, -0.25) is 4.90 Å². The van der Waals surface area contributed by atoms with Crippen LogP contribution in [0.4, 0.5) is 0 Å². The minimum Gasteiger partial charge on any atom is -0.379 e. The lowest BCUT2D eigenvalue weighted by atomic mass is 9.93. The molecule has 3 fully saturated rings. The molecule has 0 radical (unpaired) electrons. The van der Waals surface area contributed by atoms with Crippen LogP contribution in [0.1, 0.15) is 12.8 Å². The summed E-state index contributed by atoms with van der Waals surface area (Å²) in [6.07, 6.45) is 7.64. The lowest BCUT2D eigenvalue weighted by Gasteiger charge is -2.29. The molecule has 2 saturated heterocycles. The molecule has 4 aliphatic rings. The van der Waals surface area contributed by atoms with Gasteiger partial charge in [0.15, 0.2) is 6.29 Å². The predicted octanol–water partition coefficient (Wildman–Crippen LogP) is 1.27. The summed E-state index contributed by atoms with van der Waals surface area (Å²) in [6.45, 7) is 5.53. The first-order chi connectivity index (χ1) is 9.38. The van der Waals surface area contributed by atoms with Gasteiger partial charge in [-0.15, -0.1) is 0 Å². The van der Waals surface area contributed by atoms with Crippen molar-refractivity contribution in [2.45, 2.75) is 25.2 Å². The van der Waals surface area contributed by atoms with Crippen LogP contribution in [-0.4, -0.2) is 56.7 Å². The van der Waals surface area contributed by atoms with E-state index in [-0.39, 0.29) is 12.4 Å². The molecule has 0 aromatic heterocycles. The molecule has 0 spiro atoms. The predicted molar refractivity (Wildman–Crippen MR) is 70.7 cm³/mol. The first-order valence-corrected chi connectivity index (χ1v) is 7.64. The van der Waals surface area contributed by atoms with Crippen LogP contribution in [0.5, 0.6) is 0 Å². The molecule has 5 atom stereocenters. The fraction of sp³-hybridized carbons (Fsp3) is 0.867. The van der Waals surface area contributed by atoms with E-state index in [1.54, 1.807) is 0 Å². The molecule has 2 aliphatic heterocycles. The maximum absolute atomic E-state index is 6.16. The smallest absolute Gasteiger partial charge is 0.161 e. The van der Waals surface area contributed by atoms with Crippen LogP contribution >= 0.6 is 0 Å². The van der Waals surface area contributed by atoms with E-state index in [4.69, 9.17) is 14.2 Å². The van der Waals surface area contributed by atoms with Crippen LogP contribution in [0.15, 0.2) is 12.2 Å². The molecule has 0 N–H and O–H groups in total. The number of rotatable bonds is 3. The summed E-state index contributed by atoms with van der Waals surface area (Å²) < 4.78 is 17.5. The van der Waals surface area contributed by atoms with E-state index in [1.807, 2.05) is 0 Å². The quantitative estimate of drug-likeness (QED) is 0.719. The Hall–Kier alpha value is -0.420. The first-order valence-electron chi connectivity index (χ1n) is 7.64. The summed E-state index contributed by atoms with van der Waals surface area (Å²) in [5.41, 5.74) is 0. The Kier molecular flexibility index (Phi) is 3.35. The first kappa shape index (κ1) is 12.3. The van der Waals surface area contributed by atoms with Crippen LogP contribution in [-0.2, 0) is 14.2 Å². The Morgan fingerprint density at radius 3 is 2.74 bits per heavy atom. The van der Waals surface area contributed by atoms with Crippen molar-refractivity contribution in [2.24, 2.45) is 17.8 Å². The van der Waals surface area contributed by atoms with Gasteiger partial charge in [-0.1, -0.05) is 12.2 Å². The zero-order chi connectivity index (χ0) is 12.7. The second-order valence-corrected chi connectivity index (χ2v) is 6.32. The summed E-state index contributed by atoms with van der Waals surface area (Å²) in [6, 6.07) is 0. The average molecular weight is 265 g/mol. The number of nitrogens with zero attached hydrogens (tertiary/aromatic N) is 1. The van der Waals surface area contributed by atoms with Gasteiger partial charge in [0.05, 0.1) is 25.9 Å². The number of hydrogen-bond acceptors (Lipinski definition) is 4. The van der Waals surface area contributed by atoms with Crippen molar-refractivity contribution in [3.8, 4) is 0 Å². The molecule has 0 amide bonds. The van der Waals surface area contributed by atoms with E-state index >= 15 is 0 Å². The lowest BCUT2D eigenvalue weighted by Crippen LogP contribution is -2.41. The van der Waals surface area contributed by atoms with Crippen molar-refractivity contribution in [2.75, 3.05) is 39.5 Å². The van der Waals surface area contributed by atoms with Crippen molar-refractivity contribution >= 4 is 0 Å². The summed E-state index contributed by atoms with van der Waals surface area (Å²) in [4.78, 5) is 2.43. The largest absolute Gasteiger partial charge is 0.379 e. The van der Waals surface area contributed by atoms with Crippen LogP contribution in [0.2, 0.25) is 0 Å². The molecule has 4 heteroatoms. The van der Waals surface area contributed by atoms with Crippen molar-refractivity contribution in [3.63, 3.8) is 0 Å². The average Bonchev–Trinajstić information content (AvgIpc) is 3.15. The van der Waals surface area contributed by atoms with Gasteiger partial charge in [0.2, 0.25) is 0 Å². The third-order valence-electron chi connectivity index (χ3n) is 5.02. The van der Waals surface area contributed by atoms with E-state index in [9.17, 15) is 0 Å². The molecule has 19 heavy (non-hydrogen) atoms. The fourth-order valence-electron chi connectivity index (χ4n) is 4.00. The Balaban J connectivity index is 1.29. The van der Waals surface area contributed by atoms with Crippen molar-refractivity contribution in [1.82, 2.24) is 4.90 Å². The Bertz CT molecular complexity index is 353. The van der Waals surface area contributed by atoms with E-state index in [2.05, 4.69) is 17.1 Å². The van der Waals surface area contributed by atoms with Crippen LogP contribution < -0.4 is 0 Å². The number of ether oxygens (including phenoxy) is 3. The maximum atomic E-state index is 6.16. The zero-order valence-electron chi connectivity index (χ0n) is 11.4.